The van der Waals surface area contributed by atoms with Gasteiger partial charge in [-0.3, -0.25) is 4.90 Å². The molecule has 0 N–H and O–H groups in total. The monoisotopic (exact) mass is 357 g/mol. The summed E-state index contributed by atoms with van der Waals surface area (Å²) in [6, 6.07) is 18.1. The van der Waals surface area contributed by atoms with Gasteiger partial charge in [-0.05, 0) is 40.7 Å². The highest BCUT2D eigenvalue weighted by Gasteiger charge is 2.12. The van der Waals surface area contributed by atoms with Crippen molar-refractivity contribution >= 4 is 15.9 Å². The number of halogens is 1. The summed E-state index contributed by atoms with van der Waals surface area (Å²) >= 11 is 3.50. The van der Waals surface area contributed by atoms with Crippen molar-refractivity contribution < 1.29 is 4.42 Å². The summed E-state index contributed by atoms with van der Waals surface area (Å²) in [7, 11) is 2.04. The van der Waals surface area contributed by atoms with Gasteiger partial charge in [0.15, 0.2) is 0 Å². The van der Waals surface area contributed by atoms with Crippen LogP contribution >= 0.6 is 15.9 Å². The molecule has 1 heterocycles. The molecule has 0 radical (unpaired) electrons. The molecule has 22 heavy (non-hydrogen) atoms. The van der Waals surface area contributed by atoms with Crippen LogP contribution in [0.15, 0.2) is 63.5 Å². The lowest BCUT2D eigenvalue weighted by molar-refractivity contribution is 0.283. The first kappa shape index (κ1) is 14.9. The van der Waals surface area contributed by atoms with E-state index in [1.165, 1.54) is 5.56 Å². The van der Waals surface area contributed by atoms with Crippen LogP contribution in [-0.2, 0) is 13.1 Å². The van der Waals surface area contributed by atoms with Crippen LogP contribution in [0.25, 0.3) is 11.5 Å². The number of rotatable bonds is 5. The molecule has 3 aromatic rings. The zero-order chi connectivity index (χ0) is 15.4. The van der Waals surface area contributed by atoms with E-state index in [4.69, 9.17) is 4.42 Å². The Balaban J connectivity index is 1.68. The molecule has 0 saturated carbocycles. The minimum absolute atomic E-state index is 0.538. The predicted octanol–water partition coefficient (Wildman–Crippen LogP) is 4.13. The largest absolute Gasteiger partial charge is 0.419 e. The minimum atomic E-state index is 0.538. The Morgan fingerprint density at radius 2 is 1.68 bits per heavy atom. The van der Waals surface area contributed by atoms with Crippen molar-refractivity contribution in [3.63, 3.8) is 0 Å². The lowest BCUT2D eigenvalue weighted by Crippen LogP contribution is -2.17. The zero-order valence-electron chi connectivity index (χ0n) is 12.2. The Morgan fingerprint density at radius 3 is 2.45 bits per heavy atom. The van der Waals surface area contributed by atoms with Crippen molar-refractivity contribution in [3.05, 3.63) is 70.5 Å². The highest BCUT2D eigenvalue weighted by atomic mass is 79.9. The quantitative estimate of drug-likeness (QED) is 0.688. The van der Waals surface area contributed by atoms with Gasteiger partial charge in [-0.2, -0.15) is 0 Å². The minimum Gasteiger partial charge on any atom is -0.419 e. The van der Waals surface area contributed by atoms with Crippen molar-refractivity contribution in [1.29, 1.82) is 0 Å². The molecule has 0 atom stereocenters. The molecular formula is C17H16BrN3O. The standard InChI is InChI=1S/C17H16BrN3O/c1-21(11-13-7-3-2-4-8-13)12-16-19-20-17(22-16)14-9-5-6-10-15(14)18/h2-10H,11-12H2,1H3. The first-order valence-corrected chi connectivity index (χ1v) is 7.81. The van der Waals surface area contributed by atoms with E-state index in [2.05, 4.69) is 43.2 Å². The van der Waals surface area contributed by atoms with Gasteiger partial charge in [-0.1, -0.05) is 42.5 Å². The molecule has 0 aliphatic heterocycles. The van der Waals surface area contributed by atoms with Crippen LogP contribution < -0.4 is 0 Å². The highest BCUT2D eigenvalue weighted by molar-refractivity contribution is 9.10. The molecule has 0 bridgehead atoms. The van der Waals surface area contributed by atoms with Crippen molar-refractivity contribution in [2.24, 2.45) is 0 Å². The van der Waals surface area contributed by atoms with Crippen molar-refractivity contribution in [3.8, 4) is 11.5 Å². The maximum Gasteiger partial charge on any atom is 0.248 e. The average molecular weight is 358 g/mol. The lowest BCUT2D eigenvalue weighted by Gasteiger charge is -2.13. The van der Waals surface area contributed by atoms with Crippen molar-refractivity contribution in [1.82, 2.24) is 15.1 Å². The van der Waals surface area contributed by atoms with Gasteiger partial charge in [0, 0.05) is 11.0 Å². The number of hydrogen-bond donors (Lipinski definition) is 0. The van der Waals surface area contributed by atoms with Gasteiger partial charge < -0.3 is 4.42 Å². The fourth-order valence-electron chi connectivity index (χ4n) is 2.24. The topological polar surface area (TPSA) is 42.2 Å². The van der Waals surface area contributed by atoms with E-state index in [1.807, 2.05) is 49.5 Å². The van der Waals surface area contributed by atoms with Gasteiger partial charge in [-0.25, -0.2) is 0 Å². The molecule has 5 heteroatoms. The van der Waals surface area contributed by atoms with Crippen LogP contribution in [0.3, 0.4) is 0 Å². The summed E-state index contributed by atoms with van der Waals surface area (Å²) in [5.74, 6) is 1.15. The van der Waals surface area contributed by atoms with E-state index in [0.717, 1.165) is 16.6 Å². The molecule has 0 spiro atoms. The second-order valence-corrected chi connectivity index (χ2v) is 5.99. The van der Waals surface area contributed by atoms with E-state index in [0.29, 0.717) is 18.3 Å². The lowest BCUT2D eigenvalue weighted by atomic mass is 10.2. The van der Waals surface area contributed by atoms with Gasteiger partial charge >= 0.3 is 0 Å². The Morgan fingerprint density at radius 1 is 0.955 bits per heavy atom. The summed E-state index contributed by atoms with van der Waals surface area (Å²) < 4.78 is 6.71. The number of hydrogen-bond acceptors (Lipinski definition) is 4. The van der Waals surface area contributed by atoms with Crippen LogP contribution in [0.2, 0.25) is 0 Å². The molecule has 112 valence electrons. The van der Waals surface area contributed by atoms with Gasteiger partial charge in [0.25, 0.3) is 0 Å². The average Bonchev–Trinajstić information content (AvgIpc) is 2.97. The summed E-state index contributed by atoms with van der Waals surface area (Å²) in [5, 5.41) is 8.27. The fraction of sp³-hybridized carbons (Fsp3) is 0.176. The molecular weight excluding hydrogens is 342 g/mol. The molecule has 0 amide bonds. The number of benzene rings is 2. The van der Waals surface area contributed by atoms with Crippen LogP contribution in [0.5, 0.6) is 0 Å². The smallest absolute Gasteiger partial charge is 0.248 e. The summed E-state index contributed by atoms with van der Waals surface area (Å²) in [6.07, 6.45) is 0. The third-order valence-electron chi connectivity index (χ3n) is 3.27. The Bertz CT molecular complexity index is 742. The second-order valence-electron chi connectivity index (χ2n) is 5.14. The van der Waals surface area contributed by atoms with Crippen molar-refractivity contribution in [2.75, 3.05) is 7.05 Å². The van der Waals surface area contributed by atoms with Crippen LogP contribution in [0, 0.1) is 0 Å². The van der Waals surface area contributed by atoms with Crippen LogP contribution in [0.4, 0.5) is 0 Å². The number of nitrogens with zero attached hydrogens (tertiary/aromatic N) is 3. The maximum atomic E-state index is 5.76. The molecule has 0 saturated heterocycles. The Labute approximate surface area is 137 Å². The van der Waals surface area contributed by atoms with E-state index in [1.54, 1.807) is 0 Å². The van der Waals surface area contributed by atoms with Gasteiger partial charge in [0.1, 0.15) is 0 Å². The Kier molecular flexibility index (Phi) is 4.65. The zero-order valence-corrected chi connectivity index (χ0v) is 13.8. The predicted molar refractivity (Wildman–Crippen MR) is 89.0 cm³/mol. The van der Waals surface area contributed by atoms with E-state index >= 15 is 0 Å². The fourth-order valence-corrected chi connectivity index (χ4v) is 2.70. The van der Waals surface area contributed by atoms with Gasteiger partial charge in [0.2, 0.25) is 11.8 Å². The van der Waals surface area contributed by atoms with Crippen LogP contribution in [-0.4, -0.2) is 22.1 Å². The summed E-state index contributed by atoms with van der Waals surface area (Å²) in [4.78, 5) is 2.15. The first-order valence-electron chi connectivity index (χ1n) is 7.02. The summed E-state index contributed by atoms with van der Waals surface area (Å²) in [6.45, 7) is 1.46. The third kappa shape index (κ3) is 3.61. The molecule has 0 aliphatic carbocycles. The molecule has 4 nitrogen and oxygen atoms in total. The molecule has 0 unspecified atom stereocenters. The van der Waals surface area contributed by atoms with E-state index in [-0.39, 0.29) is 0 Å². The normalized spacial score (nSPS) is 11.0. The molecule has 0 fully saturated rings. The molecule has 0 aliphatic rings. The highest BCUT2D eigenvalue weighted by Crippen LogP contribution is 2.26. The maximum absolute atomic E-state index is 5.76. The second kappa shape index (κ2) is 6.85. The first-order chi connectivity index (χ1) is 10.7. The third-order valence-corrected chi connectivity index (χ3v) is 3.96. The SMILES string of the molecule is CN(Cc1ccccc1)Cc1nnc(-c2ccccc2Br)o1. The molecule has 3 rings (SSSR count). The summed E-state index contributed by atoms with van der Waals surface area (Å²) in [5.41, 5.74) is 2.17. The number of aromatic nitrogens is 2. The van der Waals surface area contributed by atoms with E-state index in [9.17, 15) is 0 Å². The van der Waals surface area contributed by atoms with Gasteiger partial charge in [-0.15, -0.1) is 10.2 Å². The molecule has 2 aromatic carbocycles. The Hall–Kier alpha value is -1.98. The molecule has 1 aromatic heterocycles. The van der Waals surface area contributed by atoms with Gasteiger partial charge in [0.05, 0.1) is 12.1 Å². The van der Waals surface area contributed by atoms with Crippen LogP contribution in [0.1, 0.15) is 11.5 Å². The van der Waals surface area contributed by atoms with Crippen molar-refractivity contribution in [2.45, 2.75) is 13.1 Å². The van der Waals surface area contributed by atoms with E-state index < -0.39 is 0 Å².